The van der Waals surface area contributed by atoms with Gasteiger partial charge in [0.2, 0.25) is 17.9 Å². The molecule has 42 heavy (non-hydrogen) atoms. The molecule has 0 spiro atoms. The zero-order chi connectivity index (χ0) is 30.2. The van der Waals surface area contributed by atoms with Gasteiger partial charge in [0.05, 0.1) is 32.5 Å². The lowest BCUT2D eigenvalue weighted by Crippen LogP contribution is -2.68. The fourth-order valence-electron chi connectivity index (χ4n) is 6.44. The van der Waals surface area contributed by atoms with Crippen molar-refractivity contribution in [2.75, 3.05) is 33.5 Å². The van der Waals surface area contributed by atoms with Crippen molar-refractivity contribution < 1.29 is 58.5 Å². The molecule has 13 heteroatoms. The third-order valence-electron chi connectivity index (χ3n) is 8.67. The summed E-state index contributed by atoms with van der Waals surface area (Å²) >= 11 is 0. The van der Waals surface area contributed by atoms with E-state index in [9.17, 15) is 35.1 Å². The fraction of sp³-hybridized carbons (Fsp3) is 0.655. The van der Waals surface area contributed by atoms with Crippen LogP contribution in [0, 0.1) is 5.92 Å². The minimum atomic E-state index is -2.18. The molecule has 2 saturated heterocycles. The molecule has 5 rings (SSSR count). The molecule has 2 aliphatic heterocycles. The van der Waals surface area contributed by atoms with Gasteiger partial charge in [-0.2, -0.15) is 0 Å². The molecule has 2 aromatic rings. The first-order chi connectivity index (χ1) is 20.2. The Labute approximate surface area is 242 Å². The van der Waals surface area contributed by atoms with Crippen LogP contribution in [-0.4, -0.2) is 101 Å². The van der Waals surface area contributed by atoms with Crippen LogP contribution in [-0.2, 0) is 31.9 Å². The highest BCUT2D eigenvalue weighted by atomic mass is 16.7. The van der Waals surface area contributed by atoms with Gasteiger partial charge in [0.15, 0.2) is 16.9 Å². The number of nitrogens with one attached hydrogen (secondary N) is 1. The van der Waals surface area contributed by atoms with Gasteiger partial charge in [-0.3, -0.25) is 9.59 Å². The number of aliphatic hydroxyl groups excluding tert-OH is 4. The summed E-state index contributed by atoms with van der Waals surface area (Å²) in [5, 5.41) is 56.0. The van der Waals surface area contributed by atoms with Gasteiger partial charge in [0.1, 0.15) is 18.3 Å². The number of carbonyl (C=O) groups excluding carboxylic acids is 2. The highest BCUT2D eigenvalue weighted by Crippen LogP contribution is 2.50. The maximum Gasteiger partial charge on any atom is 0.309 e. The molecular formula is C29H39NO12. The first-order valence-electron chi connectivity index (χ1n) is 14.4. The molecule has 0 saturated carbocycles. The molecule has 1 amide bonds. The number of methoxy groups -OCH3 is 1. The van der Waals surface area contributed by atoms with Crippen molar-refractivity contribution in [2.24, 2.45) is 5.92 Å². The van der Waals surface area contributed by atoms with Crippen molar-refractivity contribution in [2.45, 2.75) is 81.6 Å². The Hall–Kier alpha value is -2.94. The van der Waals surface area contributed by atoms with Crippen molar-refractivity contribution in [3.63, 3.8) is 0 Å². The minimum absolute atomic E-state index is 0.0577. The number of hydrogen-bond acceptors (Lipinski definition) is 12. The third kappa shape index (κ3) is 5.22. The summed E-state index contributed by atoms with van der Waals surface area (Å²) in [6.45, 7) is 1.43. The highest BCUT2D eigenvalue weighted by molar-refractivity contribution is 5.95. The quantitative estimate of drug-likeness (QED) is 0.203. The Kier molecular flexibility index (Phi) is 8.97. The van der Waals surface area contributed by atoms with Crippen molar-refractivity contribution in [1.82, 2.24) is 5.32 Å². The summed E-state index contributed by atoms with van der Waals surface area (Å²) in [5.74, 6) is -0.777. The van der Waals surface area contributed by atoms with Crippen LogP contribution in [0.5, 0.6) is 11.5 Å². The number of esters is 1. The van der Waals surface area contributed by atoms with E-state index in [0.717, 1.165) is 16.5 Å². The summed E-state index contributed by atoms with van der Waals surface area (Å²) in [6.07, 6.45) is -3.38. The average molecular weight is 594 g/mol. The van der Waals surface area contributed by atoms with Gasteiger partial charge in [-0.25, -0.2) is 0 Å². The van der Waals surface area contributed by atoms with Crippen LogP contribution < -0.4 is 14.8 Å². The molecule has 2 fully saturated rings. The van der Waals surface area contributed by atoms with Gasteiger partial charge < -0.3 is 54.2 Å². The van der Waals surface area contributed by atoms with E-state index in [4.69, 9.17) is 23.4 Å². The van der Waals surface area contributed by atoms with E-state index < -0.39 is 42.7 Å². The standard InChI is InChI=1S/C29H39NO12/c1-3-39-27(36)14-5-6-16-17(9-14)23(25(38-2)24-21(16)18(13-40-24)15-10-20(33)30-11-15)42-28-29(37,7-4-8-31)26(35)22(34)19(12-32)41-28/h13-15,19,22,26,28,31-32,34-35,37H,3-12H2,1-2H3,(H,30,33). The monoisotopic (exact) mass is 593 g/mol. The highest BCUT2D eigenvalue weighted by Gasteiger charge is 2.56. The van der Waals surface area contributed by atoms with Crippen LogP contribution in [0.2, 0.25) is 0 Å². The molecule has 0 radical (unpaired) electrons. The SMILES string of the molecule is CCOC(=O)C1CCc2c(c(OC3OC(CO)C(O)C(O)C3(O)CCCO)c(OC)c3occ(C4CNC(=O)C4)c23)C1. The second-order valence-corrected chi connectivity index (χ2v) is 11.2. The van der Waals surface area contributed by atoms with Crippen molar-refractivity contribution in [1.29, 1.82) is 0 Å². The third-order valence-corrected chi connectivity index (χ3v) is 8.67. The van der Waals surface area contributed by atoms with Crippen LogP contribution in [0.4, 0.5) is 0 Å². The number of benzene rings is 1. The average Bonchev–Trinajstić information content (AvgIpc) is 3.62. The Balaban J connectivity index is 1.66. The topological polar surface area (TPSA) is 197 Å². The number of aliphatic hydroxyl groups is 5. The number of rotatable bonds is 10. The van der Waals surface area contributed by atoms with Crippen molar-refractivity contribution >= 4 is 22.8 Å². The zero-order valence-corrected chi connectivity index (χ0v) is 23.7. The number of hydrogen-bond donors (Lipinski definition) is 6. The number of furan rings is 1. The molecule has 0 bridgehead atoms. The molecular weight excluding hydrogens is 554 g/mol. The van der Waals surface area contributed by atoms with Gasteiger partial charge >= 0.3 is 5.97 Å². The normalized spacial score (nSPS) is 31.1. The van der Waals surface area contributed by atoms with E-state index in [0.29, 0.717) is 37.0 Å². The molecule has 3 heterocycles. The predicted octanol–water partition coefficient (Wildman–Crippen LogP) is 0.0343. The summed E-state index contributed by atoms with van der Waals surface area (Å²) in [4.78, 5) is 24.9. The first-order valence-corrected chi connectivity index (χ1v) is 14.4. The van der Waals surface area contributed by atoms with E-state index in [1.807, 2.05) is 0 Å². The lowest BCUT2D eigenvalue weighted by molar-refractivity contribution is -0.322. The minimum Gasteiger partial charge on any atom is -0.490 e. The van der Waals surface area contributed by atoms with E-state index >= 15 is 0 Å². The summed E-state index contributed by atoms with van der Waals surface area (Å²) < 4.78 is 29.3. The second kappa shape index (κ2) is 12.3. The number of ether oxygens (including phenoxy) is 4. The molecule has 232 valence electrons. The maximum absolute atomic E-state index is 12.8. The Morgan fingerprint density at radius 1 is 1.19 bits per heavy atom. The Morgan fingerprint density at radius 3 is 2.62 bits per heavy atom. The smallest absolute Gasteiger partial charge is 0.309 e. The van der Waals surface area contributed by atoms with Gasteiger partial charge in [-0.05, 0) is 44.6 Å². The van der Waals surface area contributed by atoms with Crippen LogP contribution in [0.3, 0.4) is 0 Å². The number of fused-ring (bicyclic) bond motifs is 3. The number of amides is 1. The van der Waals surface area contributed by atoms with E-state index in [1.54, 1.807) is 13.2 Å². The van der Waals surface area contributed by atoms with Crippen LogP contribution in [0.15, 0.2) is 10.7 Å². The van der Waals surface area contributed by atoms with Gasteiger partial charge in [-0.1, -0.05) is 0 Å². The summed E-state index contributed by atoms with van der Waals surface area (Å²) in [6, 6.07) is 0. The fourth-order valence-corrected chi connectivity index (χ4v) is 6.44. The van der Waals surface area contributed by atoms with Gasteiger partial charge in [0, 0.05) is 42.0 Å². The van der Waals surface area contributed by atoms with Gasteiger partial charge in [-0.15, -0.1) is 0 Å². The maximum atomic E-state index is 12.8. The number of aryl methyl sites for hydroxylation is 1. The predicted molar refractivity (Wildman–Crippen MR) is 145 cm³/mol. The molecule has 13 nitrogen and oxygen atoms in total. The van der Waals surface area contributed by atoms with Crippen LogP contribution in [0.1, 0.15) is 55.2 Å². The van der Waals surface area contributed by atoms with E-state index in [-0.39, 0.29) is 61.8 Å². The summed E-state index contributed by atoms with van der Waals surface area (Å²) in [5.41, 5.74) is 0.423. The molecule has 7 atom stereocenters. The van der Waals surface area contributed by atoms with E-state index in [1.165, 1.54) is 7.11 Å². The lowest BCUT2D eigenvalue weighted by Gasteiger charge is -2.48. The molecule has 3 aliphatic rings. The second-order valence-electron chi connectivity index (χ2n) is 11.2. The van der Waals surface area contributed by atoms with Crippen molar-refractivity contribution in [3.05, 3.63) is 23.0 Å². The Morgan fingerprint density at radius 2 is 1.98 bits per heavy atom. The molecule has 1 aromatic heterocycles. The summed E-state index contributed by atoms with van der Waals surface area (Å²) in [7, 11) is 1.41. The van der Waals surface area contributed by atoms with Crippen LogP contribution in [0.25, 0.3) is 11.0 Å². The molecule has 1 aromatic carbocycles. The first kappa shape index (κ1) is 30.5. The largest absolute Gasteiger partial charge is 0.490 e. The Bertz CT molecular complexity index is 1310. The van der Waals surface area contributed by atoms with Crippen LogP contribution >= 0.6 is 0 Å². The van der Waals surface area contributed by atoms with Crippen molar-refractivity contribution in [3.8, 4) is 11.5 Å². The lowest BCUT2D eigenvalue weighted by atomic mass is 9.79. The molecule has 1 aliphatic carbocycles. The van der Waals surface area contributed by atoms with Gasteiger partial charge in [0.25, 0.3) is 0 Å². The molecule has 6 N–H and O–H groups in total. The number of carbonyl (C=O) groups is 2. The molecule has 7 unspecified atom stereocenters. The zero-order valence-electron chi connectivity index (χ0n) is 23.7. The van der Waals surface area contributed by atoms with E-state index in [2.05, 4.69) is 5.32 Å².